The molecule has 0 aliphatic heterocycles. The van der Waals surface area contributed by atoms with Gasteiger partial charge in [-0.05, 0) is 0 Å². The topological polar surface area (TPSA) is 288 Å². The summed E-state index contributed by atoms with van der Waals surface area (Å²) in [5.41, 5.74) is 0. The van der Waals surface area contributed by atoms with Crippen molar-refractivity contribution in [1.82, 2.24) is 40.0 Å². The Morgan fingerprint density at radius 1 is 0.266 bits per heavy atom. The highest BCUT2D eigenvalue weighted by molar-refractivity contribution is 5.81. The average Bonchev–Trinajstić information content (AvgIpc) is 3.28. The third kappa shape index (κ3) is 28.9. The fourth-order valence-electron chi connectivity index (χ4n) is 5.43. The van der Waals surface area contributed by atoms with Crippen LogP contribution in [0.3, 0.4) is 0 Å². The Bertz CT molecular complexity index is 1360. The standard InChI is InChI=1S/C38H66N8O18/c1-57-31(49)21-41(13-17-45(25-35(53)61-5)26-36(54)62-6)11-15-43(23-33(51)59-3)19-29(47)39-9-10-40-30(48)20-44(24-34(52)60-4)16-12-42(22-32(50)58-2)14-18-46(27-37(55)63-7)28-38(56)64-8/h9-28H2,1-8H3,(H,39,47)(H,40,48). The summed E-state index contributed by atoms with van der Waals surface area (Å²) in [6, 6.07) is 0. The third-order valence-corrected chi connectivity index (χ3v) is 9.08. The van der Waals surface area contributed by atoms with Gasteiger partial charge in [0.05, 0.1) is 122 Å². The van der Waals surface area contributed by atoms with Crippen molar-refractivity contribution in [2.75, 3.05) is 188 Å². The molecule has 26 heteroatoms. The van der Waals surface area contributed by atoms with Crippen LogP contribution in [0.2, 0.25) is 0 Å². The molecule has 0 atom stereocenters. The third-order valence-electron chi connectivity index (χ3n) is 9.08. The van der Waals surface area contributed by atoms with Crippen molar-refractivity contribution in [1.29, 1.82) is 0 Å². The minimum atomic E-state index is -0.633. The van der Waals surface area contributed by atoms with Crippen molar-refractivity contribution >= 4 is 59.6 Å². The molecule has 64 heavy (non-hydrogen) atoms. The van der Waals surface area contributed by atoms with Gasteiger partial charge in [0, 0.05) is 65.4 Å². The molecule has 0 saturated heterocycles. The van der Waals surface area contributed by atoms with Gasteiger partial charge in [-0.15, -0.1) is 0 Å². The van der Waals surface area contributed by atoms with E-state index in [-0.39, 0.29) is 131 Å². The Morgan fingerprint density at radius 3 is 0.609 bits per heavy atom. The fraction of sp³-hybridized carbons (Fsp3) is 0.737. The SMILES string of the molecule is COC(=O)CN(CCN(CC(=O)NCCNC(=O)CN(CCN(CCN(CC(=O)OC)CC(=O)OC)CC(=O)OC)CC(=O)OC)CC(=O)OC)CCN(CC(=O)OC)CC(=O)OC. The summed E-state index contributed by atoms with van der Waals surface area (Å²) in [6.07, 6.45) is 0. The van der Waals surface area contributed by atoms with Gasteiger partial charge in [0.15, 0.2) is 0 Å². The maximum atomic E-state index is 13.0. The van der Waals surface area contributed by atoms with E-state index in [2.05, 4.69) is 10.6 Å². The molecule has 2 N–H and O–H groups in total. The molecule has 0 aromatic rings. The van der Waals surface area contributed by atoms with Crippen molar-refractivity contribution in [3.05, 3.63) is 0 Å². The first kappa shape index (κ1) is 58.5. The normalized spacial score (nSPS) is 11.0. The second-order valence-electron chi connectivity index (χ2n) is 13.7. The zero-order valence-electron chi connectivity index (χ0n) is 38.2. The zero-order valence-corrected chi connectivity index (χ0v) is 38.2. The minimum Gasteiger partial charge on any atom is -0.468 e. The van der Waals surface area contributed by atoms with E-state index >= 15 is 0 Å². The summed E-state index contributed by atoms with van der Waals surface area (Å²) < 4.78 is 38.0. The van der Waals surface area contributed by atoms with Gasteiger partial charge in [0.1, 0.15) is 0 Å². The first-order valence-corrected chi connectivity index (χ1v) is 19.9. The molecule has 0 aliphatic rings. The smallest absolute Gasteiger partial charge is 0.319 e. The van der Waals surface area contributed by atoms with Crippen LogP contribution in [-0.2, 0) is 85.8 Å². The van der Waals surface area contributed by atoms with E-state index in [1.54, 1.807) is 9.80 Å². The Balaban J connectivity index is 5.53. The number of carbonyl (C=O) groups excluding carboxylic acids is 10. The Kier molecular flexibility index (Phi) is 31.9. The van der Waals surface area contributed by atoms with Gasteiger partial charge in [0.2, 0.25) is 11.8 Å². The van der Waals surface area contributed by atoms with Crippen LogP contribution < -0.4 is 10.6 Å². The van der Waals surface area contributed by atoms with Crippen LogP contribution in [0.4, 0.5) is 0 Å². The number of carbonyl (C=O) groups is 10. The predicted octanol–water partition coefficient (Wildman–Crippen LogP) is -5.59. The van der Waals surface area contributed by atoms with Gasteiger partial charge in [0.25, 0.3) is 0 Å². The quantitative estimate of drug-likeness (QED) is 0.0340. The van der Waals surface area contributed by atoms with Gasteiger partial charge in [-0.3, -0.25) is 77.3 Å². The molecule has 0 fully saturated rings. The molecule has 0 radical (unpaired) electrons. The second kappa shape index (κ2) is 34.9. The van der Waals surface area contributed by atoms with E-state index in [1.165, 1.54) is 76.5 Å². The lowest BCUT2D eigenvalue weighted by Crippen LogP contribution is -2.48. The molecule has 0 rings (SSSR count). The van der Waals surface area contributed by atoms with E-state index in [4.69, 9.17) is 37.9 Å². The summed E-state index contributed by atoms with van der Waals surface area (Å²) in [5, 5.41) is 5.32. The van der Waals surface area contributed by atoms with Crippen LogP contribution in [-0.4, -0.2) is 277 Å². The van der Waals surface area contributed by atoms with Gasteiger partial charge < -0.3 is 48.5 Å². The van der Waals surface area contributed by atoms with Crippen molar-refractivity contribution in [3.8, 4) is 0 Å². The number of methoxy groups -OCH3 is 8. The van der Waals surface area contributed by atoms with Crippen molar-refractivity contribution in [2.45, 2.75) is 0 Å². The maximum Gasteiger partial charge on any atom is 0.319 e. The first-order valence-electron chi connectivity index (χ1n) is 19.9. The van der Waals surface area contributed by atoms with Crippen LogP contribution in [0.15, 0.2) is 0 Å². The number of amides is 2. The summed E-state index contributed by atoms with van der Waals surface area (Å²) in [5.74, 6) is -5.79. The summed E-state index contributed by atoms with van der Waals surface area (Å²) in [4.78, 5) is 132. The molecule has 0 aromatic carbocycles. The number of hydrogen-bond acceptors (Lipinski definition) is 24. The molecule has 26 nitrogen and oxygen atoms in total. The number of hydrogen-bond donors (Lipinski definition) is 2. The van der Waals surface area contributed by atoms with E-state index in [0.29, 0.717) is 0 Å². The van der Waals surface area contributed by atoms with Crippen LogP contribution in [0.25, 0.3) is 0 Å². The molecule has 0 bridgehead atoms. The second-order valence-corrected chi connectivity index (χ2v) is 13.7. The molecular formula is C38H66N8O18. The van der Waals surface area contributed by atoms with Crippen molar-refractivity contribution < 1.29 is 85.8 Å². The predicted molar refractivity (Wildman–Crippen MR) is 221 cm³/mol. The summed E-state index contributed by atoms with van der Waals surface area (Å²) >= 11 is 0. The molecule has 0 spiro atoms. The van der Waals surface area contributed by atoms with E-state index < -0.39 is 59.6 Å². The molecule has 366 valence electrons. The van der Waals surface area contributed by atoms with E-state index in [1.807, 2.05) is 0 Å². The van der Waals surface area contributed by atoms with Gasteiger partial charge in [-0.2, -0.15) is 0 Å². The Morgan fingerprint density at radius 2 is 0.422 bits per heavy atom. The van der Waals surface area contributed by atoms with E-state index in [9.17, 15) is 47.9 Å². The van der Waals surface area contributed by atoms with Crippen LogP contribution in [0.5, 0.6) is 0 Å². The van der Waals surface area contributed by atoms with Gasteiger partial charge in [-0.25, -0.2) is 0 Å². The maximum absolute atomic E-state index is 13.0. The number of nitrogens with zero attached hydrogens (tertiary/aromatic N) is 6. The summed E-state index contributed by atoms with van der Waals surface area (Å²) in [7, 11) is 9.61. The fourth-order valence-corrected chi connectivity index (χ4v) is 5.43. The van der Waals surface area contributed by atoms with E-state index in [0.717, 1.165) is 0 Å². The number of esters is 8. The number of ether oxygens (including phenoxy) is 8. The molecular weight excluding hydrogens is 856 g/mol. The highest BCUT2D eigenvalue weighted by atomic mass is 16.5. The lowest BCUT2D eigenvalue weighted by molar-refractivity contribution is -0.147. The monoisotopic (exact) mass is 922 g/mol. The lowest BCUT2D eigenvalue weighted by Gasteiger charge is -2.28. The van der Waals surface area contributed by atoms with Crippen LogP contribution in [0, 0.1) is 0 Å². The lowest BCUT2D eigenvalue weighted by atomic mass is 10.3. The molecule has 0 unspecified atom stereocenters. The number of rotatable bonds is 35. The first-order chi connectivity index (χ1) is 30.4. The Labute approximate surface area is 372 Å². The van der Waals surface area contributed by atoms with Gasteiger partial charge in [-0.1, -0.05) is 0 Å². The molecule has 0 saturated carbocycles. The zero-order chi connectivity index (χ0) is 48.5. The van der Waals surface area contributed by atoms with Crippen LogP contribution >= 0.6 is 0 Å². The van der Waals surface area contributed by atoms with Crippen LogP contribution in [0.1, 0.15) is 0 Å². The summed E-state index contributed by atoms with van der Waals surface area (Å²) in [6.45, 7) is -1.32. The number of nitrogens with one attached hydrogen (secondary N) is 2. The average molecular weight is 923 g/mol. The minimum absolute atomic E-state index is 0.0150. The molecule has 0 heterocycles. The Hall–Kier alpha value is -5.54. The van der Waals surface area contributed by atoms with Crippen molar-refractivity contribution in [2.24, 2.45) is 0 Å². The largest absolute Gasteiger partial charge is 0.468 e. The highest BCUT2D eigenvalue weighted by Gasteiger charge is 2.23. The molecule has 0 aliphatic carbocycles. The highest BCUT2D eigenvalue weighted by Crippen LogP contribution is 2.01. The van der Waals surface area contributed by atoms with Gasteiger partial charge >= 0.3 is 47.8 Å². The molecule has 0 aromatic heterocycles. The molecule has 2 amide bonds. The van der Waals surface area contributed by atoms with Crippen molar-refractivity contribution in [3.63, 3.8) is 0 Å².